The predicted octanol–water partition coefficient (Wildman–Crippen LogP) is 4.45. The van der Waals surface area contributed by atoms with Crippen molar-refractivity contribution in [3.8, 4) is 0 Å². The molecule has 0 saturated carbocycles. The molecule has 2 aromatic carbocycles. The lowest BCUT2D eigenvalue weighted by Crippen LogP contribution is -2.35. The molecule has 5 nitrogen and oxygen atoms in total. The van der Waals surface area contributed by atoms with Gasteiger partial charge in [0.05, 0.1) is 22.5 Å². The maximum Gasteiger partial charge on any atom is 0.243 e. The Hall–Kier alpha value is -2.09. The van der Waals surface area contributed by atoms with Gasteiger partial charge in [0.2, 0.25) is 11.8 Å². The third-order valence-corrected chi connectivity index (χ3v) is 6.19. The minimum absolute atomic E-state index is 0.00270. The number of anilines is 1. The van der Waals surface area contributed by atoms with Crippen LogP contribution in [0.15, 0.2) is 46.8 Å². The number of aromatic nitrogens is 1. The van der Waals surface area contributed by atoms with Crippen LogP contribution < -0.4 is 5.32 Å². The summed E-state index contributed by atoms with van der Waals surface area (Å²) in [5.74, 6) is -0.132. The second-order valence-corrected chi connectivity index (χ2v) is 8.73. The van der Waals surface area contributed by atoms with Crippen molar-refractivity contribution in [3.63, 3.8) is 0 Å². The number of carbonyl (C=O) groups excluding carboxylic acids is 2. The highest BCUT2D eigenvalue weighted by Gasteiger charge is 2.15. The molecule has 0 aliphatic carbocycles. The topological polar surface area (TPSA) is 62.3 Å². The van der Waals surface area contributed by atoms with E-state index in [0.29, 0.717) is 10.7 Å². The summed E-state index contributed by atoms with van der Waals surface area (Å²) in [6.45, 7) is 1.98. The van der Waals surface area contributed by atoms with Gasteiger partial charge in [0.25, 0.3) is 0 Å². The van der Waals surface area contributed by atoms with Gasteiger partial charge in [-0.15, -0.1) is 11.3 Å². The quantitative estimate of drug-likeness (QED) is 0.599. The smallest absolute Gasteiger partial charge is 0.243 e. The average Bonchev–Trinajstić information content (AvgIpc) is 3.03. The zero-order valence-electron chi connectivity index (χ0n) is 14.9. The van der Waals surface area contributed by atoms with Gasteiger partial charge >= 0.3 is 0 Å². The van der Waals surface area contributed by atoms with E-state index in [1.54, 1.807) is 13.1 Å². The number of likely N-dealkylation sites (N-methyl/N-ethyl adjacent to an activating group) is 1. The van der Waals surface area contributed by atoms with E-state index in [1.807, 2.05) is 43.3 Å². The first-order chi connectivity index (χ1) is 12.9. The molecule has 140 valence electrons. The molecule has 0 radical (unpaired) electrons. The number of rotatable bonds is 6. The summed E-state index contributed by atoms with van der Waals surface area (Å²) in [6.07, 6.45) is 0. The van der Waals surface area contributed by atoms with Gasteiger partial charge in [-0.1, -0.05) is 41.1 Å². The molecule has 27 heavy (non-hydrogen) atoms. The first-order valence-corrected chi connectivity index (χ1v) is 10.4. The highest BCUT2D eigenvalue weighted by Crippen LogP contribution is 2.31. The average molecular weight is 420 g/mol. The highest BCUT2D eigenvalue weighted by atomic mass is 35.5. The van der Waals surface area contributed by atoms with Crippen molar-refractivity contribution in [2.45, 2.75) is 11.3 Å². The Kier molecular flexibility index (Phi) is 6.36. The number of nitrogens with zero attached hydrogens (tertiary/aromatic N) is 2. The summed E-state index contributed by atoms with van der Waals surface area (Å²) in [7, 11) is 1.62. The lowest BCUT2D eigenvalue weighted by atomic mass is 10.2. The van der Waals surface area contributed by atoms with Crippen molar-refractivity contribution < 1.29 is 9.59 Å². The summed E-state index contributed by atoms with van der Waals surface area (Å²) in [6, 6.07) is 13.1. The van der Waals surface area contributed by atoms with Gasteiger partial charge in [0.1, 0.15) is 0 Å². The Balaban J connectivity index is 1.50. The van der Waals surface area contributed by atoms with Crippen molar-refractivity contribution >= 4 is 62.4 Å². The van der Waals surface area contributed by atoms with Crippen LogP contribution >= 0.6 is 34.7 Å². The highest BCUT2D eigenvalue weighted by molar-refractivity contribution is 8.01. The van der Waals surface area contributed by atoms with Crippen LogP contribution in [0.2, 0.25) is 5.02 Å². The normalized spacial score (nSPS) is 10.8. The standard InChI is InChI=1S/C19H18ClN3O2S2/c1-12-3-6-14(7-4-12)21-17(24)10-23(2)18(25)11-26-19-22-15-9-13(20)5-8-16(15)27-19/h3-9H,10-11H2,1-2H3,(H,21,24). The molecule has 0 aliphatic rings. The summed E-state index contributed by atoms with van der Waals surface area (Å²) in [5.41, 5.74) is 2.66. The number of thiazole rings is 1. The Bertz CT molecular complexity index is 973. The maximum atomic E-state index is 12.3. The van der Waals surface area contributed by atoms with Crippen LogP contribution in [0.1, 0.15) is 5.56 Å². The zero-order chi connectivity index (χ0) is 19.4. The number of hydrogen-bond acceptors (Lipinski definition) is 5. The first kappa shape index (κ1) is 19.7. The van der Waals surface area contributed by atoms with Crippen LogP contribution in [0.25, 0.3) is 10.2 Å². The van der Waals surface area contributed by atoms with E-state index in [0.717, 1.165) is 20.1 Å². The van der Waals surface area contributed by atoms with Crippen molar-refractivity contribution in [1.82, 2.24) is 9.88 Å². The fourth-order valence-electron chi connectivity index (χ4n) is 2.32. The lowest BCUT2D eigenvalue weighted by molar-refractivity contribution is -0.131. The van der Waals surface area contributed by atoms with Crippen LogP contribution in [-0.4, -0.2) is 41.0 Å². The number of nitrogens with one attached hydrogen (secondary N) is 1. The molecule has 3 rings (SSSR count). The van der Waals surface area contributed by atoms with Gasteiger partial charge < -0.3 is 10.2 Å². The van der Waals surface area contributed by atoms with E-state index in [9.17, 15) is 9.59 Å². The number of halogens is 1. The second-order valence-electron chi connectivity index (χ2n) is 6.04. The fraction of sp³-hybridized carbons (Fsp3) is 0.211. The molecular weight excluding hydrogens is 402 g/mol. The molecular formula is C19H18ClN3O2S2. The Morgan fingerprint density at radius 3 is 2.70 bits per heavy atom. The van der Waals surface area contributed by atoms with E-state index in [-0.39, 0.29) is 24.1 Å². The summed E-state index contributed by atoms with van der Waals surface area (Å²) >= 11 is 8.85. The maximum absolute atomic E-state index is 12.3. The Morgan fingerprint density at radius 2 is 1.96 bits per heavy atom. The van der Waals surface area contributed by atoms with E-state index < -0.39 is 0 Å². The van der Waals surface area contributed by atoms with Crippen LogP contribution in [0.3, 0.4) is 0 Å². The predicted molar refractivity (Wildman–Crippen MR) is 113 cm³/mol. The SMILES string of the molecule is Cc1ccc(NC(=O)CN(C)C(=O)CSc2nc3cc(Cl)ccc3s2)cc1. The van der Waals surface area contributed by atoms with Crippen LogP contribution in [0.4, 0.5) is 5.69 Å². The number of thioether (sulfide) groups is 1. The van der Waals surface area contributed by atoms with Crippen molar-refractivity contribution in [1.29, 1.82) is 0 Å². The van der Waals surface area contributed by atoms with Gasteiger partial charge in [0, 0.05) is 17.8 Å². The van der Waals surface area contributed by atoms with Crippen LogP contribution in [-0.2, 0) is 9.59 Å². The third-order valence-electron chi connectivity index (χ3n) is 3.79. The molecule has 3 aromatic rings. The van der Waals surface area contributed by atoms with Gasteiger partial charge in [0.15, 0.2) is 4.34 Å². The van der Waals surface area contributed by atoms with Gasteiger partial charge in [-0.3, -0.25) is 9.59 Å². The van der Waals surface area contributed by atoms with Crippen LogP contribution in [0, 0.1) is 6.92 Å². The number of carbonyl (C=O) groups is 2. The van der Waals surface area contributed by atoms with E-state index >= 15 is 0 Å². The van der Waals surface area contributed by atoms with E-state index in [4.69, 9.17) is 11.6 Å². The molecule has 0 bridgehead atoms. The number of fused-ring (bicyclic) bond motifs is 1. The van der Waals surface area contributed by atoms with Gasteiger partial charge in [-0.25, -0.2) is 4.98 Å². The largest absolute Gasteiger partial charge is 0.336 e. The van der Waals surface area contributed by atoms with Crippen LogP contribution in [0.5, 0.6) is 0 Å². The number of benzene rings is 2. The van der Waals surface area contributed by atoms with Gasteiger partial charge in [-0.05, 0) is 37.3 Å². The molecule has 8 heteroatoms. The molecule has 0 fully saturated rings. The Morgan fingerprint density at radius 1 is 1.22 bits per heavy atom. The minimum Gasteiger partial charge on any atom is -0.336 e. The van der Waals surface area contributed by atoms with E-state index in [1.165, 1.54) is 28.0 Å². The third kappa shape index (κ3) is 5.45. The summed E-state index contributed by atoms with van der Waals surface area (Å²) in [4.78, 5) is 30.3. The Labute approximate surface area is 170 Å². The number of aryl methyl sites for hydroxylation is 1. The summed E-state index contributed by atoms with van der Waals surface area (Å²) < 4.78 is 1.83. The second kappa shape index (κ2) is 8.73. The fourth-order valence-corrected chi connectivity index (χ4v) is 4.47. The molecule has 1 N–H and O–H groups in total. The summed E-state index contributed by atoms with van der Waals surface area (Å²) in [5, 5.41) is 3.43. The van der Waals surface area contributed by atoms with Crippen molar-refractivity contribution in [2.75, 3.05) is 24.7 Å². The minimum atomic E-state index is -0.227. The van der Waals surface area contributed by atoms with Gasteiger partial charge in [-0.2, -0.15) is 0 Å². The molecule has 1 heterocycles. The zero-order valence-corrected chi connectivity index (χ0v) is 17.2. The molecule has 2 amide bonds. The molecule has 0 aliphatic heterocycles. The monoisotopic (exact) mass is 419 g/mol. The molecule has 0 atom stereocenters. The first-order valence-electron chi connectivity index (χ1n) is 8.20. The molecule has 0 spiro atoms. The number of hydrogen-bond donors (Lipinski definition) is 1. The number of amides is 2. The van der Waals surface area contributed by atoms with Crippen molar-refractivity contribution in [2.24, 2.45) is 0 Å². The van der Waals surface area contributed by atoms with Crippen molar-refractivity contribution in [3.05, 3.63) is 53.1 Å². The lowest BCUT2D eigenvalue weighted by Gasteiger charge is -2.16. The van der Waals surface area contributed by atoms with E-state index in [2.05, 4.69) is 10.3 Å². The molecule has 0 unspecified atom stereocenters. The molecule has 1 aromatic heterocycles. The molecule has 0 saturated heterocycles.